The molecule has 27 heavy (non-hydrogen) atoms. The van der Waals surface area contributed by atoms with E-state index in [9.17, 15) is 9.59 Å². The Kier molecular flexibility index (Phi) is 7.63. The van der Waals surface area contributed by atoms with E-state index >= 15 is 0 Å². The van der Waals surface area contributed by atoms with Crippen LogP contribution in [0.4, 0.5) is 10.5 Å². The van der Waals surface area contributed by atoms with Crippen LogP contribution in [0, 0.1) is 0 Å². The molecule has 7 heteroatoms. The molecule has 2 rings (SSSR count). The zero-order valence-electron chi connectivity index (χ0n) is 15.8. The fourth-order valence-corrected chi connectivity index (χ4v) is 2.41. The molecule has 0 unspecified atom stereocenters. The molecule has 0 aliphatic carbocycles. The third kappa shape index (κ3) is 6.99. The number of nitrogens with zero attached hydrogens (tertiary/aromatic N) is 1. The minimum atomic E-state index is -0.518. The van der Waals surface area contributed by atoms with E-state index in [1.165, 1.54) is 0 Å². The van der Waals surface area contributed by atoms with E-state index in [0.717, 1.165) is 16.9 Å². The van der Waals surface area contributed by atoms with Crippen molar-refractivity contribution in [2.45, 2.75) is 13.2 Å². The minimum Gasteiger partial charge on any atom is -0.497 e. The maximum atomic E-state index is 11.9. The van der Waals surface area contributed by atoms with E-state index < -0.39 is 6.09 Å². The van der Waals surface area contributed by atoms with Crippen LogP contribution in [0.3, 0.4) is 0 Å². The van der Waals surface area contributed by atoms with Crippen LogP contribution in [0.15, 0.2) is 48.5 Å². The van der Waals surface area contributed by atoms with E-state index in [2.05, 4.69) is 10.6 Å². The normalized spacial score (nSPS) is 10.4. The highest BCUT2D eigenvalue weighted by Gasteiger charge is 2.07. The summed E-state index contributed by atoms with van der Waals surface area (Å²) in [5.74, 6) is 0.722. The highest BCUT2D eigenvalue weighted by molar-refractivity contribution is 5.84. The Morgan fingerprint density at radius 1 is 1.00 bits per heavy atom. The number of anilines is 1. The number of rotatable bonds is 8. The summed E-state index contributed by atoms with van der Waals surface area (Å²) in [5.41, 5.74) is 2.56. The van der Waals surface area contributed by atoms with Gasteiger partial charge in [-0.2, -0.15) is 0 Å². The molecule has 2 aromatic rings. The van der Waals surface area contributed by atoms with Crippen molar-refractivity contribution in [2.24, 2.45) is 0 Å². The molecule has 0 bridgehead atoms. The molecule has 0 saturated heterocycles. The Hall–Kier alpha value is -3.06. The van der Waals surface area contributed by atoms with Gasteiger partial charge >= 0.3 is 6.09 Å². The van der Waals surface area contributed by atoms with Crippen LogP contribution >= 0.6 is 0 Å². The van der Waals surface area contributed by atoms with Crippen molar-refractivity contribution in [2.75, 3.05) is 33.1 Å². The first-order chi connectivity index (χ1) is 13.0. The molecule has 2 N–H and O–H groups in total. The Balaban J connectivity index is 1.79. The minimum absolute atomic E-state index is 0.0320. The molecular formula is C20H25N3O4. The summed E-state index contributed by atoms with van der Waals surface area (Å²) in [7, 11) is 5.09. The van der Waals surface area contributed by atoms with Gasteiger partial charge in [-0.05, 0) is 42.4 Å². The van der Waals surface area contributed by atoms with Gasteiger partial charge in [-0.25, -0.2) is 4.79 Å². The van der Waals surface area contributed by atoms with Crippen molar-refractivity contribution in [1.29, 1.82) is 0 Å². The Bertz CT molecular complexity index is 745. The molecule has 0 aliphatic heterocycles. The second-order valence-corrected chi connectivity index (χ2v) is 6.09. The van der Waals surface area contributed by atoms with Crippen molar-refractivity contribution in [3.63, 3.8) is 0 Å². The second-order valence-electron chi connectivity index (χ2n) is 6.09. The maximum absolute atomic E-state index is 11.9. The van der Waals surface area contributed by atoms with Gasteiger partial charge in [0, 0.05) is 19.3 Å². The van der Waals surface area contributed by atoms with Gasteiger partial charge in [0.15, 0.2) is 0 Å². The van der Waals surface area contributed by atoms with E-state index in [4.69, 9.17) is 9.47 Å². The first kappa shape index (κ1) is 20.3. The zero-order chi connectivity index (χ0) is 19.6. The Labute approximate surface area is 159 Å². The van der Waals surface area contributed by atoms with Gasteiger partial charge in [0.2, 0.25) is 5.91 Å². The van der Waals surface area contributed by atoms with E-state index in [-0.39, 0.29) is 12.5 Å². The molecule has 144 valence electrons. The molecule has 0 fully saturated rings. The number of carbonyl (C=O) groups excluding carboxylic acids is 2. The molecule has 0 spiro atoms. The van der Waals surface area contributed by atoms with Gasteiger partial charge in [-0.1, -0.05) is 24.3 Å². The van der Waals surface area contributed by atoms with E-state index in [1.807, 2.05) is 48.3 Å². The molecule has 0 radical (unpaired) electrons. The molecule has 0 atom stereocenters. The first-order valence-electron chi connectivity index (χ1n) is 8.55. The predicted octanol–water partition coefficient (Wildman–Crippen LogP) is 2.62. The molecule has 0 aromatic heterocycles. The number of methoxy groups -OCH3 is 1. The average molecular weight is 371 g/mol. The predicted molar refractivity (Wildman–Crippen MR) is 104 cm³/mol. The largest absolute Gasteiger partial charge is 0.497 e. The fourth-order valence-electron chi connectivity index (χ4n) is 2.41. The number of hydrogen-bond donors (Lipinski definition) is 2. The van der Waals surface area contributed by atoms with Crippen LogP contribution in [-0.4, -0.2) is 44.7 Å². The summed E-state index contributed by atoms with van der Waals surface area (Å²) >= 11 is 0. The van der Waals surface area contributed by atoms with Crippen molar-refractivity contribution in [3.05, 3.63) is 59.7 Å². The van der Waals surface area contributed by atoms with Crippen LogP contribution in [0.25, 0.3) is 0 Å². The third-order valence-corrected chi connectivity index (χ3v) is 3.87. The molecule has 2 amide bonds. The SMILES string of the molecule is CNC(=O)CN(C)Cc1ccc(NC(=O)OCc2ccc(OC)cc2)cc1. The number of carbonyl (C=O) groups is 2. The van der Waals surface area contributed by atoms with Crippen molar-refractivity contribution < 1.29 is 19.1 Å². The van der Waals surface area contributed by atoms with E-state index in [1.54, 1.807) is 26.3 Å². The number of hydrogen-bond acceptors (Lipinski definition) is 5. The van der Waals surface area contributed by atoms with Crippen molar-refractivity contribution in [1.82, 2.24) is 10.2 Å². The van der Waals surface area contributed by atoms with Crippen molar-refractivity contribution in [3.8, 4) is 5.75 Å². The first-order valence-corrected chi connectivity index (χ1v) is 8.55. The highest BCUT2D eigenvalue weighted by atomic mass is 16.5. The zero-order valence-corrected chi connectivity index (χ0v) is 15.8. The highest BCUT2D eigenvalue weighted by Crippen LogP contribution is 2.14. The van der Waals surface area contributed by atoms with Gasteiger partial charge in [-0.3, -0.25) is 15.0 Å². The molecule has 0 aliphatic rings. The summed E-state index contributed by atoms with van der Waals surface area (Å²) in [5, 5.41) is 5.29. The van der Waals surface area contributed by atoms with Gasteiger partial charge in [0.1, 0.15) is 12.4 Å². The lowest BCUT2D eigenvalue weighted by atomic mass is 10.2. The van der Waals surface area contributed by atoms with Crippen LogP contribution < -0.4 is 15.4 Å². The van der Waals surface area contributed by atoms with Crippen LogP contribution in [0.1, 0.15) is 11.1 Å². The number of amides is 2. The monoisotopic (exact) mass is 371 g/mol. The van der Waals surface area contributed by atoms with Crippen LogP contribution in [-0.2, 0) is 22.7 Å². The summed E-state index contributed by atoms with van der Waals surface area (Å²) in [4.78, 5) is 25.2. The topological polar surface area (TPSA) is 79.9 Å². The molecule has 2 aromatic carbocycles. The van der Waals surface area contributed by atoms with Gasteiger partial charge in [0.05, 0.1) is 13.7 Å². The smallest absolute Gasteiger partial charge is 0.411 e. The quantitative estimate of drug-likeness (QED) is 0.746. The number of nitrogens with one attached hydrogen (secondary N) is 2. The van der Waals surface area contributed by atoms with Gasteiger partial charge in [0.25, 0.3) is 0 Å². The van der Waals surface area contributed by atoms with Gasteiger partial charge < -0.3 is 14.8 Å². The summed E-state index contributed by atoms with van der Waals surface area (Å²) in [6.07, 6.45) is -0.518. The van der Waals surface area contributed by atoms with Crippen LogP contribution in [0.2, 0.25) is 0 Å². The molecule has 0 heterocycles. The number of benzene rings is 2. The Morgan fingerprint density at radius 3 is 2.22 bits per heavy atom. The van der Waals surface area contributed by atoms with Crippen LogP contribution in [0.5, 0.6) is 5.75 Å². The van der Waals surface area contributed by atoms with E-state index in [0.29, 0.717) is 18.8 Å². The standard InChI is InChI=1S/C20H25N3O4/c1-21-19(24)13-23(2)12-15-4-8-17(9-5-15)22-20(25)27-14-16-6-10-18(26-3)11-7-16/h4-11H,12-14H2,1-3H3,(H,21,24)(H,22,25). The number of ether oxygens (including phenoxy) is 2. The third-order valence-electron chi connectivity index (χ3n) is 3.87. The lowest BCUT2D eigenvalue weighted by molar-refractivity contribution is -0.121. The number of likely N-dealkylation sites (N-methyl/N-ethyl adjacent to an activating group) is 2. The molecule has 0 saturated carbocycles. The summed E-state index contributed by atoms with van der Waals surface area (Å²) in [6, 6.07) is 14.7. The second kappa shape index (κ2) is 10.2. The summed E-state index contributed by atoms with van der Waals surface area (Å²) in [6.45, 7) is 1.14. The van der Waals surface area contributed by atoms with Gasteiger partial charge in [-0.15, -0.1) is 0 Å². The average Bonchev–Trinajstić information content (AvgIpc) is 2.68. The Morgan fingerprint density at radius 2 is 1.63 bits per heavy atom. The molecular weight excluding hydrogens is 346 g/mol. The summed E-state index contributed by atoms with van der Waals surface area (Å²) < 4.78 is 10.3. The lowest BCUT2D eigenvalue weighted by Crippen LogP contribution is -2.32. The fraction of sp³-hybridized carbons (Fsp3) is 0.300. The van der Waals surface area contributed by atoms with Crippen molar-refractivity contribution >= 4 is 17.7 Å². The maximum Gasteiger partial charge on any atom is 0.411 e. The molecule has 7 nitrogen and oxygen atoms in total. The lowest BCUT2D eigenvalue weighted by Gasteiger charge is -2.15.